The third kappa shape index (κ3) is 4.67. The van der Waals surface area contributed by atoms with E-state index < -0.39 is 5.60 Å². The SMILES string of the molecule is CC=NC1=CN(C(=O)OC(C)(C)C)C/C1=C(\Cl)CCC. The minimum absolute atomic E-state index is 0.378. The van der Waals surface area contributed by atoms with E-state index in [0.717, 1.165) is 29.1 Å². The van der Waals surface area contributed by atoms with Crippen molar-refractivity contribution < 1.29 is 9.53 Å². The Kier molecular flexibility index (Phi) is 5.81. The normalized spacial score (nSPS) is 18.5. The summed E-state index contributed by atoms with van der Waals surface area (Å²) in [5.41, 5.74) is 1.12. The minimum atomic E-state index is -0.515. The van der Waals surface area contributed by atoms with E-state index in [1.54, 1.807) is 12.4 Å². The number of aliphatic imine (C=N–C) groups is 1. The molecule has 0 spiro atoms. The van der Waals surface area contributed by atoms with Crippen LogP contribution < -0.4 is 0 Å². The topological polar surface area (TPSA) is 41.9 Å². The molecular weight excluding hydrogens is 276 g/mol. The van der Waals surface area contributed by atoms with Crippen LogP contribution in [0.15, 0.2) is 27.5 Å². The molecule has 0 aliphatic carbocycles. The highest BCUT2D eigenvalue weighted by atomic mass is 35.5. The van der Waals surface area contributed by atoms with Gasteiger partial charge in [-0.3, -0.25) is 9.89 Å². The molecule has 0 fully saturated rings. The van der Waals surface area contributed by atoms with Crippen molar-refractivity contribution in [3.63, 3.8) is 0 Å². The molecule has 1 rings (SSSR count). The predicted octanol–water partition coefficient (Wildman–Crippen LogP) is 4.46. The van der Waals surface area contributed by atoms with Gasteiger partial charge in [0.05, 0.1) is 12.2 Å². The molecule has 1 aliphatic heterocycles. The smallest absolute Gasteiger partial charge is 0.414 e. The Morgan fingerprint density at radius 2 is 2.20 bits per heavy atom. The fourth-order valence-electron chi connectivity index (χ4n) is 1.81. The number of nitrogens with zero attached hydrogens (tertiary/aromatic N) is 2. The molecule has 0 radical (unpaired) electrons. The van der Waals surface area contributed by atoms with Gasteiger partial charge in [-0.1, -0.05) is 24.9 Å². The molecule has 112 valence electrons. The zero-order chi connectivity index (χ0) is 15.3. The maximum absolute atomic E-state index is 12.1. The lowest BCUT2D eigenvalue weighted by molar-refractivity contribution is 0.0357. The van der Waals surface area contributed by atoms with E-state index >= 15 is 0 Å². The van der Waals surface area contributed by atoms with Crippen LogP contribution in [0.3, 0.4) is 0 Å². The van der Waals surface area contributed by atoms with Crippen LogP contribution in [0.2, 0.25) is 0 Å². The Bertz CT molecular complexity index is 459. The van der Waals surface area contributed by atoms with Crippen molar-refractivity contribution >= 4 is 23.9 Å². The van der Waals surface area contributed by atoms with Gasteiger partial charge in [-0.2, -0.15) is 0 Å². The number of amides is 1. The van der Waals surface area contributed by atoms with Crippen molar-refractivity contribution in [3.8, 4) is 0 Å². The zero-order valence-electron chi connectivity index (χ0n) is 12.9. The second-order valence-corrected chi connectivity index (χ2v) is 6.10. The van der Waals surface area contributed by atoms with E-state index in [-0.39, 0.29) is 6.09 Å². The van der Waals surface area contributed by atoms with Crippen molar-refractivity contribution in [1.82, 2.24) is 4.90 Å². The average Bonchev–Trinajstić information content (AvgIpc) is 2.72. The highest BCUT2D eigenvalue weighted by molar-refractivity contribution is 6.30. The van der Waals surface area contributed by atoms with Gasteiger partial charge < -0.3 is 4.74 Å². The van der Waals surface area contributed by atoms with Crippen molar-refractivity contribution in [1.29, 1.82) is 0 Å². The molecule has 0 aromatic carbocycles. The quantitative estimate of drug-likeness (QED) is 0.722. The van der Waals surface area contributed by atoms with Gasteiger partial charge in [0.2, 0.25) is 0 Å². The molecule has 1 aliphatic rings. The first kappa shape index (κ1) is 16.8. The van der Waals surface area contributed by atoms with Gasteiger partial charge in [-0.05, 0) is 34.1 Å². The molecule has 1 heterocycles. The van der Waals surface area contributed by atoms with Crippen LogP contribution in [0, 0.1) is 0 Å². The summed E-state index contributed by atoms with van der Waals surface area (Å²) in [6.07, 6.45) is 4.76. The summed E-state index contributed by atoms with van der Waals surface area (Å²) in [5.74, 6) is 0. The molecule has 4 nitrogen and oxygen atoms in total. The van der Waals surface area contributed by atoms with Crippen molar-refractivity contribution in [2.24, 2.45) is 4.99 Å². The van der Waals surface area contributed by atoms with Crippen LogP contribution in [0.25, 0.3) is 0 Å². The molecule has 0 unspecified atom stereocenters. The highest BCUT2D eigenvalue weighted by Gasteiger charge is 2.28. The van der Waals surface area contributed by atoms with Gasteiger partial charge >= 0.3 is 6.09 Å². The first-order chi connectivity index (χ1) is 9.28. The summed E-state index contributed by atoms with van der Waals surface area (Å²) in [7, 11) is 0. The fraction of sp³-hybridized carbons (Fsp3) is 0.600. The fourth-order valence-corrected chi connectivity index (χ4v) is 2.15. The summed E-state index contributed by atoms with van der Waals surface area (Å²) < 4.78 is 5.36. The van der Waals surface area contributed by atoms with Gasteiger partial charge in [0.1, 0.15) is 5.60 Å². The lowest BCUT2D eigenvalue weighted by atomic mass is 10.1. The minimum Gasteiger partial charge on any atom is -0.443 e. The van der Waals surface area contributed by atoms with E-state index in [2.05, 4.69) is 11.9 Å². The second-order valence-electron chi connectivity index (χ2n) is 5.64. The largest absolute Gasteiger partial charge is 0.443 e. The van der Waals surface area contributed by atoms with Crippen molar-refractivity contribution in [2.75, 3.05) is 6.54 Å². The summed E-state index contributed by atoms with van der Waals surface area (Å²) in [4.78, 5) is 17.9. The number of hydrogen-bond donors (Lipinski definition) is 0. The van der Waals surface area contributed by atoms with Crippen LogP contribution in [-0.4, -0.2) is 29.4 Å². The zero-order valence-corrected chi connectivity index (χ0v) is 13.6. The van der Waals surface area contributed by atoms with Crippen LogP contribution in [-0.2, 0) is 4.74 Å². The van der Waals surface area contributed by atoms with E-state index in [9.17, 15) is 4.79 Å². The van der Waals surface area contributed by atoms with Gasteiger partial charge in [0.25, 0.3) is 0 Å². The Morgan fingerprint density at radius 1 is 1.55 bits per heavy atom. The number of halogens is 1. The Labute approximate surface area is 126 Å². The molecule has 0 N–H and O–H groups in total. The number of ether oxygens (including phenoxy) is 1. The molecule has 0 aromatic heterocycles. The van der Waals surface area contributed by atoms with Crippen molar-refractivity contribution in [2.45, 2.75) is 53.1 Å². The van der Waals surface area contributed by atoms with Gasteiger partial charge in [-0.25, -0.2) is 4.79 Å². The summed E-state index contributed by atoms with van der Waals surface area (Å²) >= 11 is 6.31. The van der Waals surface area contributed by atoms with Gasteiger partial charge in [-0.15, -0.1) is 0 Å². The maximum atomic E-state index is 12.1. The molecule has 0 saturated carbocycles. The van der Waals surface area contributed by atoms with Crippen LogP contribution in [0.5, 0.6) is 0 Å². The first-order valence-corrected chi connectivity index (χ1v) is 7.24. The van der Waals surface area contributed by atoms with E-state index in [1.165, 1.54) is 4.90 Å². The monoisotopic (exact) mass is 298 g/mol. The molecule has 20 heavy (non-hydrogen) atoms. The number of carbonyl (C=O) groups excluding carboxylic acids is 1. The lowest BCUT2D eigenvalue weighted by Gasteiger charge is -2.23. The Balaban J connectivity index is 2.95. The molecule has 0 bridgehead atoms. The first-order valence-electron chi connectivity index (χ1n) is 6.86. The Hall–Kier alpha value is -1.29. The van der Waals surface area contributed by atoms with Gasteiger partial charge in [0, 0.05) is 23.0 Å². The molecule has 5 heteroatoms. The van der Waals surface area contributed by atoms with Gasteiger partial charge in [0.15, 0.2) is 0 Å². The predicted molar refractivity (Wildman–Crippen MR) is 83.0 cm³/mol. The Morgan fingerprint density at radius 3 is 2.70 bits per heavy atom. The summed E-state index contributed by atoms with van der Waals surface area (Å²) in [6.45, 7) is 9.85. The summed E-state index contributed by atoms with van der Waals surface area (Å²) in [6, 6.07) is 0. The number of allylic oxidation sites excluding steroid dienone is 1. The van der Waals surface area contributed by atoms with E-state index in [0.29, 0.717) is 6.54 Å². The number of rotatable bonds is 3. The second kappa shape index (κ2) is 6.93. The standard InChI is InChI=1S/C15H23ClN2O2/c1-6-8-12(16)11-9-18(10-13(11)17-7-2)14(19)20-15(3,4)5/h7,10H,6,8-9H2,1-5H3/b12-11+,17-7?. The molecule has 0 aromatic rings. The third-order valence-electron chi connectivity index (χ3n) is 2.61. The third-order valence-corrected chi connectivity index (χ3v) is 3.03. The van der Waals surface area contributed by atoms with E-state index in [4.69, 9.17) is 16.3 Å². The lowest BCUT2D eigenvalue weighted by Crippen LogP contribution is -2.32. The summed E-state index contributed by atoms with van der Waals surface area (Å²) in [5, 5.41) is 0.760. The van der Waals surface area contributed by atoms with Crippen LogP contribution >= 0.6 is 11.6 Å². The maximum Gasteiger partial charge on any atom is 0.414 e. The number of carbonyl (C=O) groups is 1. The molecular formula is C15H23ClN2O2. The van der Waals surface area contributed by atoms with Crippen molar-refractivity contribution in [3.05, 3.63) is 22.5 Å². The van der Waals surface area contributed by atoms with Crippen LogP contribution in [0.1, 0.15) is 47.5 Å². The number of hydrogen-bond acceptors (Lipinski definition) is 3. The molecule has 1 amide bonds. The van der Waals surface area contributed by atoms with E-state index in [1.807, 2.05) is 27.7 Å². The molecule has 0 atom stereocenters. The molecule has 0 saturated heterocycles. The average molecular weight is 299 g/mol. The van der Waals surface area contributed by atoms with Crippen LogP contribution in [0.4, 0.5) is 4.79 Å². The highest BCUT2D eigenvalue weighted by Crippen LogP contribution is 2.30.